The van der Waals surface area contributed by atoms with Gasteiger partial charge < -0.3 is 18.9 Å². The average Bonchev–Trinajstić information content (AvgIpc) is 3.92. The molecule has 0 aliphatic carbocycles. The summed E-state index contributed by atoms with van der Waals surface area (Å²) in [6.07, 6.45) is 0. The molecule has 0 saturated carbocycles. The molecule has 8 rings (SSSR count). The molecule has 0 saturated heterocycles. The predicted octanol–water partition coefficient (Wildman–Crippen LogP) is 8.53. The molecule has 0 N–H and O–H groups in total. The zero-order chi connectivity index (χ0) is 42.0. The minimum atomic E-state index is -2.20. The van der Waals surface area contributed by atoms with Gasteiger partial charge >= 0.3 is 0 Å². The van der Waals surface area contributed by atoms with Crippen LogP contribution in [0.25, 0.3) is 0 Å². The maximum Gasteiger partial charge on any atom is 0.277 e. The van der Waals surface area contributed by atoms with Gasteiger partial charge in [-0.25, -0.2) is 20.0 Å². The molecular formula is C46H36N6O8. The molecule has 14 nitrogen and oxygen atoms in total. The lowest BCUT2D eigenvalue weighted by atomic mass is 9.80. The Morgan fingerprint density at radius 1 is 0.383 bits per heavy atom. The Balaban J connectivity index is 1.58. The minimum Gasteiger partial charge on any atom is -0.497 e. The van der Waals surface area contributed by atoms with E-state index >= 15 is 0 Å². The third kappa shape index (κ3) is 6.59. The number of benzene rings is 6. The summed E-state index contributed by atoms with van der Waals surface area (Å²) in [5.41, 5.74) is -1.44. The van der Waals surface area contributed by atoms with Gasteiger partial charge in [0.25, 0.3) is 11.4 Å². The van der Waals surface area contributed by atoms with Crippen molar-refractivity contribution in [1.29, 1.82) is 0 Å². The topological polar surface area (TPSA) is 173 Å². The van der Waals surface area contributed by atoms with Crippen LogP contribution in [-0.4, -0.2) is 61.1 Å². The third-order valence-corrected chi connectivity index (χ3v) is 10.4. The van der Waals surface area contributed by atoms with Gasteiger partial charge in [-0.1, -0.05) is 24.3 Å². The van der Waals surface area contributed by atoms with Gasteiger partial charge in [0.15, 0.2) is 0 Å². The number of aliphatic imine (C=N–C) groups is 4. The fourth-order valence-electron chi connectivity index (χ4n) is 7.49. The number of hydrogen-bond donors (Lipinski definition) is 0. The molecule has 0 aromatic heterocycles. The highest BCUT2D eigenvalue weighted by atomic mass is 16.6. The molecule has 0 radical (unpaired) electrons. The largest absolute Gasteiger partial charge is 0.497 e. The van der Waals surface area contributed by atoms with Crippen LogP contribution < -0.4 is 18.9 Å². The van der Waals surface area contributed by atoms with Crippen molar-refractivity contribution in [1.82, 2.24) is 0 Å². The van der Waals surface area contributed by atoms with Crippen LogP contribution in [-0.2, 0) is 11.3 Å². The molecule has 14 heteroatoms. The summed E-state index contributed by atoms with van der Waals surface area (Å²) in [6.45, 7) is 0. The van der Waals surface area contributed by atoms with E-state index in [9.17, 15) is 20.2 Å². The van der Waals surface area contributed by atoms with Crippen LogP contribution in [0.15, 0.2) is 166 Å². The first kappa shape index (κ1) is 38.9. The average molecular weight is 801 g/mol. The van der Waals surface area contributed by atoms with Gasteiger partial charge in [-0.2, -0.15) is 0 Å². The first-order valence-electron chi connectivity index (χ1n) is 18.6. The van der Waals surface area contributed by atoms with Crippen molar-refractivity contribution in [2.75, 3.05) is 28.4 Å². The predicted molar refractivity (Wildman–Crippen MR) is 228 cm³/mol. The number of rotatable bonds is 13. The molecule has 298 valence electrons. The zero-order valence-electron chi connectivity index (χ0n) is 32.8. The summed E-state index contributed by atoms with van der Waals surface area (Å²) in [5.74, 6) is 2.33. The van der Waals surface area contributed by atoms with Crippen LogP contribution in [0.5, 0.6) is 23.0 Å². The standard InChI is InChI=1S/C46H36N6O8/c1-57-33-21-13-29(14-22-33)41-42(30-15-23-34(58-2)24-16-30)48-45(47-41,37-9-5-7-11-39(37)51(53)54)46(38-10-6-8-12-40(38)52(55)56)49-43(31-17-25-35(59-3)26-18-31)44(50-46)32-19-27-36(60-4)28-20-32/h5-28H,1-4H3. The second-order valence-corrected chi connectivity index (χ2v) is 13.6. The van der Waals surface area contributed by atoms with Gasteiger partial charge in [-0.15, -0.1) is 0 Å². The van der Waals surface area contributed by atoms with Gasteiger partial charge in [0.05, 0.1) is 72.3 Å². The van der Waals surface area contributed by atoms with Crippen molar-refractivity contribution >= 4 is 34.2 Å². The molecule has 0 unspecified atom stereocenters. The summed E-state index contributed by atoms with van der Waals surface area (Å²) in [4.78, 5) is 47.1. The van der Waals surface area contributed by atoms with E-state index in [1.807, 2.05) is 0 Å². The van der Waals surface area contributed by atoms with E-state index in [4.69, 9.17) is 38.9 Å². The van der Waals surface area contributed by atoms with E-state index in [-0.39, 0.29) is 22.5 Å². The molecule has 2 heterocycles. The van der Waals surface area contributed by atoms with Gasteiger partial charge in [0, 0.05) is 34.4 Å². The molecule has 0 fully saturated rings. The number of nitro groups is 2. The lowest BCUT2D eigenvalue weighted by Crippen LogP contribution is -2.44. The summed E-state index contributed by atoms with van der Waals surface area (Å²) in [5, 5.41) is 26.3. The van der Waals surface area contributed by atoms with E-state index in [0.717, 1.165) is 0 Å². The highest BCUT2D eigenvalue weighted by Crippen LogP contribution is 2.57. The Labute approximate surface area is 344 Å². The zero-order valence-corrected chi connectivity index (χ0v) is 32.8. The summed E-state index contributed by atoms with van der Waals surface area (Å²) >= 11 is 0. The van der Waals surface area contributed by atoms with Gasteiger partial charge in [0.1, 0.15) is 23.0 Å². The van der Waals surface area contributed by atoms with Gasteiger partial charge in [-0.3, -0.25) is 20.2 Å². The van der Waals surface area contributed by atoms with Crippen molar-refractivity contribution in [2.24, 2.45) is 20.0 Å². The van der Waals surface area contributed by atoms with Crippen LogP contribution in [0, 0.1) is 20.2 Å². The number of nitro benzene ring substituents is 2. The number of para-hydroxylation sites is 2. The molecule has 60 heavy (non-hydrogen) atoms. The highest BCUT2D eigenvalue weighted by molar-refractivity contribution is 6.56. The fraction of sp³-hybridized carbons (Fsp3) is 0.130. The van der Waals surface area contributed by atoms with Gasteiger partial charge in [0.2, 0.25) is 11.3 Å². The van der Waals surface area contributed by atoms with E-state index in [2.05, 4.69) is 0 Å². The molecule has 2 aliphatic rings. The fourth-order valence-corrected chi connectivity index (χ4v) is 7.49. The SMILES string of the molecule is COc1ccc(C2=NC(c3ccccc3[N+](=O)[O-])(C3(c4ccccc4[N+](=O)[O-])N=C(c4ccc(OC)cc4)C(c4ccc(OC)cc4)=N3)N=C2c2ccc(OC)cc2)cc1. The van der Waals surface area contributed by atoms with E-state index < -0.39 is 21.2 Å². The molecule has 2 aliphatic heterocycles. The molecular weight excluding hydrogens is 765 g/mol. The maximum absolute atomic E-state index is 13.2. The monoisotopic (exact) mass is 800 g/mol. The van der Waals surface area contributed by atoms with E-state index in [1.54, 1.807) is 150 Å². The van der Waals surface area contributed by atoms with E-state index in [1.165, 1.54) is 24.3 Å². The normalized spacial score (nSPS) is 14.9. The number of hydrogen-bond acceptors (Lipinski definition) is 12. The molecule has 0 atom stereocenters. The van der Waals surface area contributed by atoms with Crippen molar-refractivity contribution in [3.8, 4) is 23.0 Å². The molecule has 0 amide bonds. The van der Waals surface area contributed by atoms with Crippen LogP contribution in [0.2, 0.25) is 0 Å². The lowest BCUT2D eigenvalue weighted by molar-refractivity contribution is -0.387. The Hall–Kier alpha value is -8.00. The van der Waals surface area contributed by atoms with E-state index in [0.29, 0.717) is 68.1 Å². The molecule has 0 spiro atoms. The minimum absolute atomic E-state index is 0.000219. The van der Waals surface area contributed by atoms with Crippen LogP contribution >= 0.6 is 0 Å². The first-order chi connectivity index (χ1) is 29.1. The Bertz CT molecular complexity index is 2430. The van der Waals surface area contributed by atoms with Crippen molar-refractivity contribution in [2.45, 2.75) is 11.3 Å². The maximum atomic E-state index is 13.2. The summed E-state index contributed by atoms with van der Waals surface area (Å²) in [6, 6.07) is 40.7. The van der Waals surface area contributed by atoms with Gasteiger partial charge in [-0.05, 0) is 109 Å². The first-order valence-corrected chi connectivity index (χ1v) is 18.6. The summed E-state index contributed by atoms with van der Waals surface area (Å²) < 4.78 is 21.9. The lowest BCUT2D eigenvalue weighted by Gasteiger charge is -2.37. The third-order valence-electron chi connectivity index (χ3n) is 10.4. The number of ether oxygens (including phenoxy) is 4. The Morgan fingerprint density at radius 3 is 0.833 bits per heavy atom. The molecule has 6 aromatic rings. The highest BCUT2D eigenvalue weighted by Gasteiger charge is 2.64. The summed E-state index contributed by atoms with van der Waals surface area (Å²) in [7, 11) is 6.22. The quantitative estimate of drug-likeness (QED) is 0.0826. The number of methoxy groups -OCH3 is 4. The van der Waals surface area contributed by atoms with Crippen LogP contribution in [0.4, 0.5) is 11.4 Å². The van der Waals surface area contributed by atoms with Crippen LogP contribution in [0.1, 0.15) is 33.4 Å². The van der Waals surface area contributed by atoms with Crippen molar-refractivity contribution in [3.63, 3.8) is 0 Å². The van der Waals surface area contributed by atoms with Crippen LogP contribution in [0.3, 0.4) is 0 Å². The second kappa shape index (κ2) is 15.7. The van der Waals surface area contributed by atoms with Crippen molar-refractivity contribution in [3.05, 3.63) is 199 Å². The Morgan fingerprint density at radius 2 is 0.617 bits per heavy atom. The smallest absolute Gasteiger partial charge is 0.277 e. The number of nitrogens with zero attached hydrogens (tertiary/aromatic N) is 6. The second-order valence-electron chi connectivity index (χ2n) is 13.6. The molecule has 6 aromatic carbocycles. The van der Waals surface area contributed by atoms with Crippen molar-refractivity contribution < 1.29 is 28.8 Å². The Kier molecular flexibility index (Phi) is 10.2. The molecule has 0 bridgehead atoms.